The fourth-order valence-corrected chi connectivity index (χ4v) is 3.97. The minimum absolute atomic E-state index is 0.0433. The van der Waals surface area contributed by atoms with Crippen LogP contribution in [0.15, 0.2) is 53.3 Å². The topological polar surface area (TPSA) is 64.4 Å². The molecule has 1 unspecified atom stereocenters. The standard InChI is InChI=1S/C26H33N3O3/c1-6-23(28(15-16-32-5)24(30)17-18(2)3)25-27-22-10-8-7-9-21(22)26(31)29(25)20-13-11-19(4)12-14-20/h7-14,18,23H,6,15-17H2,1-5H3. The van der Waals surface area contributed by atoms with Crippen molar-refractivity contribution in [2.45, 2.75) is 46.6 Å². The van der Waals surface area contributed by atoms with Crippen LogP contribution in [0.25, 0.3) is 16.6 Å². The van der Waals surface area contributed by atoms with E-state index < -0.39 is 0 Å². The van der Waals surface area contributed by atoms with E-state index in [0.29, 0.717) is 42.7 Å². The number of carbonyl (C=O) groups excluding carboxylic acids is 1. The van der Waals surface area contributed by atoms with Crippen LogP contribution in [-0.4, -0.2) is 40.6 Å². The van der Waals surface area contributed by atoms with Crippen molar-refractivity contribution in [3.05, 3.63) is 70.3 Å². The quantitative estimate of drug-likeness (QED) is 0.490. The highest BCUT2D eigenvalue weighted by molar-refractivity contribution is 5.79. The number of nitrogens with zero attached hydrogens (tertiary/aromatic N) is 3. The summed E-state index contributed by atoms with van der Waals surface area (Å²) < 4.78 is 6.96. The fraction of sp³-hybridized carbons (Fsp3) is 0.423. The number of methoxy groups -OCH3 is 1. The average molecular weight is 436 g/mol. The number of hydrogen-bond acceptors (Lipinski definition) is 4. The molecule has 0 saturated heterocycles. The van der Waals surface area contributed by atoms with Gasteiger partial charge in [0.05, 0.1) is 29.2 Å². The predicted octanol–water partition coefficient (Wildman–Crippen LogP) is 4.67. The molecule has 0 aliphatic carbocycles. The van der Waals surface area contributed by atoms with E-state index in [1.54, 1.807) is 17.7 Å². The number of aryl methyl sites for hydroxylation is 1. The summed E-state index contributed by atoms with van der Waals surface area (Å²) in [5.74, 6) is 0.851. The van der Waals surface area contributed by atoms with Gasteiger partial charge in [0.2, 0.25) is 5.91 Å². The number of rotatable bonds is 9. The Morgan fingerprint density at radius 2 is 1.81 bits per heavy atom. The van der Waals surface area contributed by atoms with Crippen molar-refractivity contribution in [3.8, 4) is 5.69 Å². The third kappa shape index (κ3) is 5.07. The molecule has 0 fully saturated rings. The first kappa shape index (κ1) is 23.7. The molecule has 0 aliphatic rings. The summed E-state index contributed by atoms with van der Waals surface area (Å²) in [5.41, 5.74) is 2.36. The van der Waals surface area contributed by atoms with E-state index in [1.807, 2.05) is 75.1 Å². The Hall–Kier alpha value is -2.99. The molecule has 6 heteroatoms. The molecule has 0 aliphatic heterocycles. The monoisotopic (exact) mass is 435 g/mol. The number of benzene rings is 2. The molecule has 3 rings (SSSR count). The maximum Gasteiger partial charge on any atom is 0.266 e. The zero-order valence-corrected chi connectivity index (χ0v) is 19.7. The first-order valence-corrected chi connectivity index (χ1v) is 11.2. The van der Waals surface area contributed by atoms with E-state index in [2.05, 4.69) is 0 Å². The predicted molar refractivity (Wildman–Crippen MR) is 128 cm³/mol. The van der Waals surface area contributed by atoms with E-state index >= 15 is 0 Å². The van der Waals surface area contributed by atoms with Gasteiger partial charge in [0.1, 0.15) is 5.82 Å². The van der Waals surface area contributed by atoms with Gasteiger partial charge in [-0.1, -0.05) is 50.6 Å². The van der Waals surface area contributed by atoms with Crippen LogP contribution in [0.5, 0.6) is 0 Å². The molecule has 0 radical (unpaired) electrons. The van der Waals surface area contributed by atoms with Gasteiger partial charge < -0.3 is 9.64 Å². The van der Waals surface area contributed by atoms with E-state index in [9.17, 15) is 9.59 Å². The van der Waals surface area contributed by atoms with Crippen molar-refractivity contribution in [1.29, 1.82) is 0 Å². The van der Waals surface area contributed by atoms with Crippen LogP contribution in [0.2, 0.25) is 0 Å². The van der Waals surface area contributed by atoms with Gasteiger partial charge in [-0.3, -0.25) is 14.2 Å². The number of ether oxygens (including phenoxy) is 1. The summed E-state index contributed by atoms with van der Waals surface area (Å²) >= 11 is 0. The number of hydrogen-bond donors (Lipinski definition) is 0. The molecule has 0 saturated carbocycles. The minimum Gasteiger partial charge on any atom is -0.383 e. The molecule has 0 bridgehead atoms. The van der Waals surface area contributed by atoms with Crippen molar-refractivity contribution >= 4 is 16.8 Å². The van der Waals surface area contributed by atoms with Gasteiger partial charge >= 0.3 is 0 Å². The lowest BCUT2D eigenvalue weighted by atomic mass is 10.1. The highest BCUT2D eigenvalue weighted by Crippen LogP contribution is 2.27. The van der Waals surface area contributed by atoms with Crippen molar-refractivity contribution < 1.29 is 9.53 Å². The Morgan fingerprint density at radius 1 is 1.12 bits per heavy atom. The molecule has 3 aromatic rings. The Labute approximate surface area is 189 Å². The average Bonchev–Trinajstić information content (AvgIpc) is 2.77. The van der Waals surface area contributed by atoms with Gasteiger partial charge in [-0.05, 0) is 43.5 Å². The maximum absolute atomic E-state index is 13.6. The van der Waals surface area contributed by atoms with Crippen LogP contribution in [-0.2, 0) is 9.53 Å². The lowest BCUT2D eigenvalue weighted by molar-refractivity contribution is -0.135. The molecule has 1 atom stereocenters. The second-order valence-corrected chi connectivity index (χ2v) is 8.57. The van der Waals surface area contributed by atoms with Crippen LogP contribution >= 0.6 is 0 Å². The summed E-state index contributed by atoms with van der Waals surface area (Å²) in [6.07, 6.45) is 1.06. The van der Waals surface area contributed by atoms with Gasteiger partial charge in [-0.2, -0.15) is 0 Å². The SMILES string of the molecule is CCC(c1nc2ccccc2c(=O)n1-c1ccc(C)cc1)N(CCOC)C(=O)CC(C)C. The molecule has 32 heavy (non-hydrogen) atoms. The molecule has 0 N–H and O–H groups in total. The molecule has 1 aromatic heterocycles. The Morgan fingerprint density at radius 3 is 2.44 bits per heavy atom. The smallest absolute Gasteiger partial charge is 0.266 e. The zero-order chi connectivity index (χ0) is 23.3. The summed E-state index contributed by atoms with van der Waals surface area (Å²) in [5, 5.41) is 0.559. The Balaban J connectivity index is 2.24. The number of aromatic nitrogens is 2. The summed E-state index contributed by atoms with van der Waals surface area (Å²) in [7, 11) is 1.63. The fourth-order valence-electron chi connectivity index (χ4n) is 3.97. The normalized spacial score (nSPS) is 12.3. The molecule has 0 spiro atoms. The second-order valence-electron chi connectivity index (χ2n) is 8.57. The highest BCUT2D eigenvalue weighted by Gasteiger charge is 2.29. The summed E-state index contributed by atoms with van der Waals surface area (Å²) in [6, 6.07) is 14.8. The van der Waals surface area contributed by atoms with Gasteiger partial charge in [-0.15, -0.1) is 0 Å². The first-order chi connectivity index (χ1) is 15.4. The Bertz CT molecular complexity index is 1120. The molecule has 6 nitrogen and oxygen atoms in total. The first-order valence-electron chi connectivity index (χ1n) is 11.2. The minimum atomic E-state index is -0.352. The zero-order valence-electron chi connectivity index (χ0n) is 19.7. The van der Waals surface area contributed by atoms with Gasteiger partial charge in [-0.25, -0.2) is 4.98 Å². The molecule has 1 amide bonds. The molecule has 2 aromatic carbocycles. The highest BCUT2D eigenvalue weighted by atomic mass is 16.5. The van der Waals surface area contributed by atoms with E-state index in [0.717, 1.165) is 11.3 Å². The van der Waals surface area contributed by atoms with Crippen LogP contribution in [0.4, 0.5) is 0 Å². The number of para-hydroxylation sites is 1. The van der Waals surface area contributed by atoms with Crippen molar-refractivity contribution in [2.24, 2.45) is 5.92 Å². The lowest BCUT2D eigenvalue weighted by Gasteiger charge is -2.32. The third-order valence-corrected chi connectivity index (χ3v) is 5.59. The molecule has 170 valence electrons. The van der Waals surface area contributed by atoms with E-state index in [-0.39, 0.29) is 23.4 Å². The third-order valence-electron chi connectivity index (χ3n) is 5.59. The number of fused-ring (bicyclic) bond motifs is 1. The number of carbonyl (C=O) groups is 1. The van der Waals surface area contributed by atoms with Gasteiger partial charge in [0.15, 0.2) is 0 Å². The molecular formula is C26H33N3O3. The van der Waals surface area contributed by atoms with Crippen LogP contribution < -0.4 is 5.56 Å². The van der Waals surface area contributed by atoms with E-state index in [1.165, 1.54) is 0 Å². The van der Waals surface area contributed by atoms with Crippen LogP contribution in [0, 0.1) is 12.8 Å². The largest absolute Gasteiger partial charge is 0.383 e. The molecule has 1 heterocycles. The second kappa shape index (κ2) is 10.6. The Kier molecular flexibility index (Phi) is 7.80. The lowest BCUT2D eigenvalue weighted by Crippen LogP contribution is -2.40. The summed E-state index contributed by atoms with van der Waals surface area (Å²) in [4.78, 5) is 33.6. The van der Waals surface area contributed by atoms with E-state index in [4.69, 9.17) is 9.72 Å². The van der Waals surface area contributed by atoms with Crippen LogP contribution in [0.3, 0.4) is 0 Å². The van der Waals surface area contributed by atoms with Gasteiger partial charge in [0.25, 0.3) is 5.56 Å². The van der Waals surface area contributed by atoms with Crippen molar-refractivity contribution in [2.75, 3.05) is 20.3 Å². The van der Waals surface area contributed by atoms with Gasteiger partial charge in [0, 0.05) is 20.1 Å². The number of amides is 1. The van der Waals surface area contributed by atoms with Crippen LogP contribution in [0.1, 0.15) is 51.0 Å². The van der Waals surface area contributed by atoms with Crippen molar-refractivity contribution in [1.82, 2.24) is 14.5 Å². The van der Waals surface area contributed by atoms with Crippen molar-refractivity contribution in [3.63, 3.8) is 0 Å². The maximum atomic E-state index is 13.6. The molecular weight excluding hydrogens is 402 g/mol. The summed E-state index contributed by atoms with van der Waals surface area (Å²) in [6.45, 7) is 8.96.